The summed E-state index contributed by atoms with van der Waals surface area (Å²) in [6.07, 6.45) is 6.26. The fraction of sp³-hybridized carbons (Fsp3) is 0.556. The molecule has 104 valence electrons. The van der Waals surface area contributed by atoms with Crippen LogP contribution in [0.1, 0.15) is 63.8 Å². The van der Waals surface area contributed by atoms with E-state index in [4.69, 9.17) is 0 Å². The summed E-state index contributed by atoms with van der Waals surface area (Å²) in [6.45, 7) is 9.40. The Labute approximate surface area is 121 Å². The van der Waals surface area contributed by atoms with Crippen LogP contribution >= 0.6 is 11.3 Å². The summed E-state index contributed by atoms with van der Waals surface area (Å²) in [6, 6.07) is 8.94. The van der Waals surface area contributed by atoms with E-state index in [9.17, 15) is 0 Å². The van der Waals surface area contributed by atoms with Gasteiger partial charge in [-0.05, 0) is 36.3 Å². The number of benzene rings is 1. The van der Waals surface area contributed by atoms with E-state index in [0.717, 1.165) is 0 Å². The molecule has 1 heterocycles. The second kappa shape index (κ2) is 6.09. The van der Waals surface area contributed by atoms with Crippen LogP contribution in [-0.4, -0.2) is 0 Å². The largest absolute Gasteiger partial charge is 0.139 e. The lowest BCUT2D eigenvalue weighted by atomic mass is 9.79. The number of rotatable bonds is 6. The SMILES string of the molecule is CCCc1c(C(C)(CC)CCC)sc2ccccc12. The van der Waals surface area contributed by atoms with Crippen LogP contribution in [0.2, 0.25) is 0 Å². The molecule has 2 rings (SSSR count). The van der Waals surface area contributed by atoms with Crippen molar-refractivity contribution in [1.82, 2.24) is 0 Å². The van der Waals surface area contributed by atoms with Crippen LogP contribution in [0.25, 0.3) is 10.1 Å². The van der Waals surface area contributed by atoms with E-state index in [-0.39, 0.29) is 0 Å². The molecule has 1 unspecified atom stereocenters. The maximum Gasteiger partial charge on any atom is 0.0348 e. The first-order chi connectivity index (χ1) is 9.16. The standard InChI is InChI=1S/C18H26S/c1-5-10-15-14-11-8-9-12-16(14)19-17(15)18(4,7-3)13-6-2/h8-9,11-12H,5-7,10,13H2,1-4H3. The third-order valence-corrected chi connectivity index (χ3v) is 5.85. The Kier molecular flexibility index (Phi) is 4.67. The van der Waals surface area contributed by atoms with Gasteiger partial charge in [0, 0.05) is 15.0 Å². The van der Waals surface area contributed by atoms with Crippen molar-refractivity contribution in [2.75, 3.05) is 0 Å². The first kappa shape index (κ1) is 14.6. The molecule has 1 atom stereocenters. The zero-order valence-corrected chi connectivity index (χ0v) is 13.6. The van der Waals surface area contributed by atoms with E-state index in [1.54, 1.807) is 10.4 Å². The van der Waals surface area contributed by atoms with Crippen molar-refractivity contribution >= 4 is 21.4 Å². The highest BCUT2D eigenvalue weighted by Gasteiger charge is 2.29. The highest BCUT2D eigenvalue weighted by atomic mass is 32.1. The van der Waals surface area contributed by atoms with E-state index in [2.05, 4.69) is 52.0 Å². The Morgan fingerprint density at radius 1 is 1.05 bits per heavy atom. The third-order valence-electron chi connectivity index (χ3n) is 4.33. The van der Waals surface area contributed by atoms with Gasteiger partial charge in [0.05, 0.1) is 0 Å². The first-order valence-corrected chi connectivity index (χ1v) is 8.48. The van der Waals surface area contributed by atoms with Crippen molar-refractivity contribution in [2.24, 2.45) is 0 Å². The average Bonchev–Trinajstić information content (AvgIpc) is 2.79. The van der Waals surface area contributed by atoms with Crippen LogP contribution in [0, 0.1) is 0 Å². The maximum atomic E-state index is 2.46. The van der Waals surface area contributed by atoms with Crippen LogP contribution in [0.5, 0.6) is 0 Å². The zero-order valence-electron chi connectivity index (χ0n) is 12.8. The van der Waals surface area contributed by atoms with Crippen molar-refractivity contribution < 1.29 is 0 Å². The second-order valence-electron chi connectivity index (χ2n) is 5.82. The summed E-state index contributed by atoms with van der Waals surface area (Å²) in [7, 11) is 0. The lowest BCUT2D eigenvalue weighted by molar-refractivity contribution is 0.419. The first-order valence-electron chi connectivity index (χ1n) is 7.67. The number of thiophene rings is 1. The molecule has 0 fully saturated rings. The monoisotopic (exact) mass is 274 g/mol. The van der Waals surface area contributed by atoms with Crippen LogP contribution in [0.15, 0.2) is 24.3 Å². The van der Waals surface area contributed by atoms with Gasteiger partial charge in [0.1, 0.15) is 0 Å². The Balaban J connectivity index is 2.60. The van der Waals surface area contributed by atoms with Crippen LogP contribution in [0.4, 0.5) is 0 Å². The normalized spacial score (nSPS) is 14.7. The summed E-state index contributed by atoms with van der Waals surface area (Å²) in [5, 5.41) is 1.50. The molecule has 1 heteroatoms. The summed E-state index contributed by atoms with van der Waals surface area (Å²) >= 11 is 2.04. The van der Waals surface area contributed by atoms with E-state index in [1.165, 1.54) is 42.2 Å². The zero-order chi connectivity index (χ0) is 13.9. The molecule has 0 radical (unpaired) electrons. The molecule has 0 saturated carbocycles. The molecule has 1 aromatic heterocycles. The van der Waals surface area contributed by atoms with E-state index in [0.29, 0.717) is 5.41 Å². The van der Waals surface area contributed by atoms with Crippen molar-refractivity contribution in [3.8, 4) is 0 Å². The summed E-state index contributed by atoms with van der Waals surface area (Å²) in [4.78, 5) is 1.65. The Morgan fingerprint density at radius 3 is 2.42 bits per heavy atom. The van der Waals surface area contributed by atoms with Crippen molar-refractivity contribution in [3.05, 3.63) is 34.7 Å². The smallest absolute Gasteiger partial charge is 0.0348 e. The quantitative estimate of drug-likeness (QED) is 0.578. The topological polar surface area (TPSA) is 0 Å². The predicted molar refractivity (Wildman–Crippen MR) is 88.4 cm³/mol. The molecule has 0 aliphatic heterocycles. The molecule has 2 aromatic rings. The lowest BCUT2D eigenvalue weighted by Crippen LogP contribution is -2.20. The van der Waals surface area contributed by atoms with E-state index < -0.39 is 0 Å². The van der Waals surface area contributed by atoms with Crippen molar-refractivity contribution in [1.29, 1.82) is 0 Å². The molecule has 0 spiro atoms. The van der Waals surface area contributed by atoms with E-state index in [1.807, 2.05) is 11.3 Å². The Morgan fingerprint density at radius 2 is 1.79 bits per heavy atom. The average molecular weight is 274 g/mol. The van der Waals surface area contributed by atoms with Gasteiger partial charge in [-0.15, -0.1) is 11.3 Å². The van der Waals surface area contributed by atoms with Gasteiger partial charge in [-0.1, -0.05) is 58.7 Å². The fourth-order valence-electron chi connectivity index (χ4n) is 3.09. The van der Waals surface area contributed by atoms with Gasteiger partial charge >= 0.3 is 0 Å². The molecule has 0 amide bonds. The molecular formula is C18H26S. The van der Waals surface area contributed by atoms with Gasteiger partial charge in [-0.25, -0.2) is 0 Å². The maximum absolute atomic E-state index is 2.46. The number of aryl methyl sites for hydroxylation is 1. The molecule has 0 aliphatic carbocycles. The number of fused-ring (bicyclic) bond motifs is 1. The minimum absolute atomic E-state index is 0.364. The molecule has 0 bridgehead atoms. The highest BCUT2D eigenvalue weighted by Crippen LogP contribution is 2.43. The van der Waals surface area contributed by atoms with Gasteiger partial charge < -0.3 is 0 Å². The number of hydrogen-bond acceptors (Lipinski definition) is 1. The van der Waals surface area contributed by atoms with Crippen LogP contribution in [-0.2, 0) is 11.8 Å². The van der Waals surface area contributed by atoms with Gasteiger partial charge in [-0.3, -0.25) is 0 Å². The Hall–Kier alpha value is -0.820. The second-order valence-corrected chi connectivity index (χ2v) is 6.87. The van der Waals surface area contributed by atoms with Gasteiger partial charge in [0.2, 0.25) is 0 Å². The van der Waals surface area contributed by atoms with Gasteiger partial charge in [0.15, 0.2) is 0 Å². The van der Waals surface area contributed by atoms with Gasteiger partial charge in [0.25, 0.3) is 0 Å². The summed E-state index contributed by atoms with van der Waals surface area (Å²) < 4.78 is 1.47. The van der Waals surface area contributed by atoms with Crippen LogP contribution < -0.4 is 0 Å². The molecular weight excluding hydrogens is 248 g/mol. The van der Waals surface area contributed by atoms with Crippen molar-refractivity contribution in [2.45, 2.75) is 65.2 Å². The predicted octanol–water partition coefficient (Wildman–Crippen LogP) is 6.32. The molecule has 19 heavy (non-hydrogen) atoms. The van der Waals surface area contributed by atoms with Gasteiger partial charge in [-0.2, -0.15) is 0 Å². The molecule has 0 nitrogen and oxygen atoms in total. The van der Waals surface area contributed by atoms with Crippen LogP contribution in [0.3, 0.4) is 0 Å². The minimum Gasteiger partial charge on any atom is -0.139 e. The van der Waals surface area contributed by atoms with E-state index >= 15 is 0 Å². The third kappa shape index (κ3) is 2.72. The highest BCUT2D eigenvalue weighted by molar-refractivity contribution is 7.19. The summed E-state index contributed by atoms with van der Waals surface area (Å²) in [5.74, 6) is 0. The fourth-order valence-corrected chi connectivity index (χ4v) is 4.58. The molecule has 0 saturated heterocycles. The van der Waals surface area contributed by atoms with Crippen molar-refractivity contribution in [3.63, 3.8) is 0 Å². The lowest BCUT2D eigenvalue weighted by Gasteiger charge is -2.28. The Bertz CT molecular complexity index is 538. The number of hydrogen-bond donors (Lipinski definition) is 0. The minimum atomic E-state index is 0.364. The molecule has 0 N–H and O–H groups in total. The summed E-state index contributed by atoms with van der Waals surface area (Å²) in [5.41, 5.74) is 1.99. The molecule has 1 aromatic carbocycles. The molecule has 0 aliphatic rings.